The van der Waals surface area contributed by atoms with Gasteiger partial charge in [-0.25, -0.2) is 9.37 Å². The highest BCUT2D eigenvalue weighted by molar-refractivity contribution is 5.52. The van der Waals surface area contributed by atoms with Crippen LogP contribution >= 0.6 is 0 Å². The minimum absolute atomic E-state index is 0.0471. The van der Waals surface area contributed by atoms with Crippen molar-refractivity contribution >= 4 is 11.5 Å². The Hall–Kier alpha value is -2.90. The Morgan fingerprint density at radius 1 is 1.15 bits per heavy atom. The summed E-state index contributed by atoms with van der Waals surface area (Å²) in [5.74, 6) is 1.43. The molecule has 1 N–H and O–H groups in total. The molecule has 0 spiro atoms. The number of nitrogens with zero attached hydrogens (tertiary/aromatic N) is 4. The molecule has 1 saturated heterocycles. The van der Waals surface area contributed by atoms with Crippen molar-refractivity contribution in [2.24, 2.45) is 0 Å². The third-order valence-corrected chi connectivity index (χ3v) is 4.63. The smallest absolute Gasteiger partial charge is 0.297 e. The minimum atomic E-state index is -0.278. The second kappa shape index (κ2) is 6.44. The monoisotopic (exact) mass is 357 g/mol. The second-order valence-corrected chi connectivity index (χ2v) is 6.55. The lowest BCUT2D eigenvalue weighted by atomic mass is 10.1. The molecule has 3 aromatic rings. The average molecular weight is 357 g/mol. The van der Waals surface area contributed by atoms with Crippen LogP contribution < -0.4 is 15.2 Å². The van der Waals surface area contributed by atoms with Crippen molar-refractivity contribution in [1.29, 1.82) is 0 Å². The van der Waals surface area contributed by atoms with Gasteiger partial charge in [0.1, 0.15) is 29.2 Å². The van der Waals surface area contributed by atoms with Gasteiger partial charge in [0.2, 0.25) is 0 Å². The van der Waals surface area contributed by atoms with Crippen molar-refractivity contribution in [3.63, 3.8) is 0 Å². The number of rotatable bonds is 3. The SMILES string of the molecule is Cc1nc2nc(C)c(N3CCC(Oc4ccc(F)cc4)CC3)c(=O)n2[nH]1. The minimum Gasteiger partial charge on any atom is -0.490 e. The summed E-state index contributed by atoms with van der Waals surface area (Å²) >= 11 is 0. The molecule has 4 rings (SSSR count). The van der Waals surface area contributed by atoms with Crippen LogP contribution in [0.3, 0.4) is 0 Å². The third kappa shape index (κ3) is 3.02. The number of hydrogen-bond acceptors (Lipinski definition) is 5. The highest BCUT2D eigenvalue weighted by Gasteiger charge is 2.25. The van der Waals surface area contributed by atoms with Crippen LogP contribution in [0.25, 0.3) is 5.78 Å². The first-order valence-electron chi connectivity index (χ1n) is 8.64. The molecule has 8 heteroatoms. The Morgan fingerprint density at radius 3 is 2.54 bits per heavy atom. The molecule has 7 nitrogen and oxygen atoms in total. The molecule has 0 aliphatic carbocycles. The molecule has 0 bridgehead atoms. The predicted molar refractivity (Wildman–Crippen MR) is 95.3 cm³/mol. The van der Waals surface area contributed by atoms with E-state index in [0.717, 1.165) is 12.8 Å². The standard InChI is InChI=1S/C18H20FN5O2/c1-11-16(17(25)24-18(20-11)21-12(2)22-24)23-9-7-15(8-10-23)26-14-5-3-13(19)4-6-14/h3-6,15H,7-10H2,1-2H3,(H,20,21,22). The van der Waals surface area contributed by atoms with Crippen LogP contribution in [0, 0.1) is 19.7 Å². The zero-order chi connectivity index (χ0) is 18.3. The Bertz CT molecular complexity index is 987. The molecule has 0 atom stereocenters. The topological polar surface area (TPSA) is 75.5 Å². The van der Waals surface area contributed by atoms with Crippen molar-refractivity contribution in [3.8, 4) is 5.75 Å². The number of hydrogen-bond donors (Lipinski definition) is 1. The van der Waals surface area contributed by atoms with Crippen LogP contribution in [-0.2, 0) is 0 Å². The quantitative estimate of drug-likeness (QED) is 0.778. The zero-order valence-corrected chi connectivity index (χ0v) is 14.7. The van der Waals surface area contributed by atoms with Crippen LogP contribution in [-0.4, -0.2) is 38.8 Å². The van der Waals surface area contributed by atoms with E-state index in [2.05, 4.69) is 20.0 Å². The van der Waals surface area contributed by atoms with Gasteiger partial charge in [-0.05, 0) is 38.1 Å². The number of halogens is 1. The number of ether oxygens (including phenoxy) is 1. The van der Waals surface area contributed by atoms with Gasteiger partial charge in [0, 0.05) is 25.9 Å². The molecule has 3 heterocycles. The van der Waals surface area contributed by atoms with Crippen LogP contribution in [0.1, 0.15) is 24.4 Å². The summed E-state index contributed by atoms with van der Waals surface area (Å²) in [7, 11) is 0. The molecular weight excluding hydrogens is 337 g/mol. The number of fused-ring (bicyclic) bond motifs is 1. The van der Waals surface area contributed by atoms with E-state index >= 15 is 0 Å². The zero-order valence-electron chi connectivity index (χ0n) is 14.7. The molecule has 26 heavy (non-hydrogen) atoms. The summed E-state index contributed by atoms with van der Waals surface area (Å²) in [6.07, 6.45) is 1.60. The number of nitrogens with one attached hydrogen (secondary N) is 1. The highest BCUT2D eigenvalue weighted by Crippen LogP contribution is 2.23. The van der Waals surface area contributed by atoms with Crippen LogP contribution in [0.15, 0.2) is 29.1 Å². The molecular formula is C18H20FN5O2. The molecule has 0 saturated carbocycles. The lowest BCUT2D eigenvalue weighted by Gasteiger charge is -2.33. The number of aryl methyl sites for hydroxylation is 2. The number of benzene rings is 1. The molecule has 0 radical (unpaired) electrons. The summed E-state index contributed by atoms with van der Waals surface area (Å²) in [6.45, 7) is 5.02. The number of aromatic nitrogens is 4. The van der Waals surface area contributed by atoms with Gasteiger partial charge in [0.15, 0.2) is 0 Å². The van der Waals surface area contributed by atoms with E-state index in [0.29, 0.717) is 41.8 Å². The van der Waals surface area contributed by atoms with Gasteiger partial charge < -0.3 is 9.64 Å². The maximum atomic E-state index is 13.0. The molecule has 2 aromatic heterocycles. The Labute approximate surface area is 149 Å². The molecule has 0 unspecified atom stereocenters. The number of aromatic amines is 1. The maximum Gasteiger partial charge on any atom is 0.297 e. The van der Waals surface area contributed by atoms with Crippen LogP contribution in [0.5, 0.6) is 5.75 Å². The van der Waals surface area contributed by atoms with E-state index in [4.69, 9.17) is 4.74 Å². The predicted octanol–water partition coefficient (Wildman–Crippen LogP) is 2.22. The summed E-state index contributed by atoms with van der Waals surface area (Å²) < 4.78 is 20.3. The van der Waals surface area contributed by atoms with Gasteiger partial charge in [-0.2, -0.15) is 9.50 Å². The van der Waals surface area contributed by atoms with E-state index in [1.54, 1.807) is 19.1 Å². The molecule has 136 valence electrons. The Balaban J connectivity index is 1.50. The lowest BCUT2D eigenvalue weighted by molar-refractivity contribution is 0.170. The molecule has 1 aliphatic rings. The van der Waals surface area contributed by atoms with Crippen LogP contribution in [0.2, 0.25) is 0 Å². The fraction of sp³-hybridized carbons (Fsp3) is 0.389. The number of anilines is 1. The van der Waals surface area contributed by atoms with Gasteiger partial charge in [0.05, 0.1) is 5.69 Å². The summed E-state index contributed by atoms with van der Waals surface area (Å²) in [5.41, 5.74) is 1.15. The number of H-pyrrole nitrogens is 1. The molecule has 0 amide bonds. The first kappa shape index (κ1) is 16.6. The van der Waals surface area contributed by atoms with Gasteiger partial charge in [-0.1, -0.05) is 0 Å². The van der Waals surface area contributed by atoms with E-state index in [1.165, 1.54) is 16.6 Å². The average Bonchev–Trinajstić information content (AvgIpc) is 2.99. The fourth-order valence-corrected chi connectivity index (χ4v) is 3.38. The van der Waals surface area contributed by atoms with Gasteiger partial charge in [-0.3, -0.25) is 9.89 Å². The normalized spacial score (nSPS) is 15.6. The van der Waals surface area contributed by atoms with Crippen LogP contribution in [0.4, 0.5) is 10.1 Å². The van der Waals surface area contributed by atoms with E-state index in [9.17, 15) is 9.18 Å². The summed E-state index contributed by atoms with van der Waals surface area (Å²) in [5, 5.41) is 2.93. The first-order valence-corrected chi connectivity index (χ1v) is 8.64. The Kier molecular flexibility index (Phi) is 4.10. The van der Waals surface area contributed by atoms with Crippen molar-refractivity contribution in [3.05, 3.63) is 52.0 Å². The molecule has 1 fully saturated rings. The van der Waals surface area contributed by atoms with E-state index in [1.807, 2.05) is 6.92 Å². The van der Waals surface area contributed by atoms with Gasteiger partial charge in [0.25, 0.3) is 11.3 Å². The highest BCUT2D eigenvalue weighted by atomic mass is 19.1. The summed E-state index contributed by atoms with van der Waals surface area (Å²) in [4.78, 5) is 23.5. The van der Waals surface area contributed by atoms with Crippen molar-refractivity contribution in [2.45, 2.75) is 32.8 Å². The molecule has 1 aliphatic heterocycles. The maximum absolute atomic E-state index is 13.0. The van der Waals surface area contributed by atoms with Crippen molar-refractivity contribution < 1.29 is 9.13 Å². The van der Waals surface area contributed by atoms with E-state index < -0.39 is 0 Å². The van der Waals surface area contributed by atoms with Crippen molar-refractivity contribution in [1.82, 2.24) is 19.6 Å². The van der Waals surface area contributed by atoms with Crippen molar-refractivity contribution in [2.75, 3.05) is 18.0 Å². The number of piperidine rings is 1. The third-order valence-electron chi connectivity index (χ3n) is 4.63. The lowest BCUT2D eigenvalue weighted by Crippen LogP contribution is -2.41. The second-order valence-electron chi connectivity index (χ2n) is 6.55. The first-order chi connectivity index (χ1) is 12.5. The van der Waals surface area contributed by atoms with E-state index in [-0.39, 0.29) is 17.5 Å². The largest absolute Gasteiger partial charge is 0.490 e. The van der Waals surface area contributed by atoms with Gasteiger partial charge >= 0.3 is 0 Å². The fourth-order valence-electron chi connectivity index (χ4n) is 3.38. The Morgan fingerprint density at radius 2 is 1.85 bits per heavy atom. The summed E-state index contributed by atoms with van der Waals surface area (Å²) in [6, 6.07) is 6.05. The molecule has 1 aromatic carbocycles. The van der Waals surface area contributed by atoms with Gasteiger partial charge in [-0.15, -0.1) is 0 Å².